The second-order valence-electron chi connectivity index (χ2n) is 5.05. The minimum atomic E-state index is -3.99. The van der Waals surface area contributed by atoms with Gasteiger partial charge in [-0.1, -0.05) is 49.6 Å². The molecule has 0 unspecified atom stereocenters. The van der Waals surface area contributed by atoms with Crippen LogP contribution in [0.3, 0.4) is 0 Å². The van der Waals surface area contributed by atoms with Gasteiger partial charge in [-0.15, -0.1) is 0 Å². The van der Waals surface area contributed by atoms with Crippen molar-refractivity contribution in [2.45, 2.75) is 43.5 Å². The highest BCUT2D eigenvalue weighted by atomic mass is 35.7. The summed E-state index contributed by atoms with van der Waals surface area (Å²) in [4.78, 5) is 12.3. The molecule has 0 saturated heterocycles. The molecule has 0 aliphatic heterocycles. The van der Waals surface area contributed by atoms with Crippen LogP contribution in [-0.2, 0) is 25.2 Å². The zero-order chi connectivity index (χ0) is 14.6. The lowest BCUT2D eigenvalue weighted by Gasteiger charge is -2.31. The molecule has 2 rings (SSSR count). The summed E-state index contributed by atoms with van der Waals surface area (Å²) in [6.07, 6.45) is 2.75. The van der Waals surface area contributed by atoms with Crippen LogP contribution >= 0.6 is 10.7 Å². The van der Waals surface area contributed by atoms with Gasteiger partial charge in [0.2, 0.25) is 9.05 Å². The van der Waals surface area contributed by atoms with Gasteiger partial charge in [0.1, 0.15) is 6.61 Å². The van der Waals surface area contributed by atoms with Gasteiger partial charge >= 0.3 is 5.97 Å². The Labute approximate surface area is 123 Å². The fourth-order valence-corrected chi connectivity index (χ4v) is 4.21. The number of esters is 1. The minimum absolute atomic E-state index is 0.0633. The van der Waals surface area contributed by atoms with Crippen LogP contribution in [0.5, 0.6) is 0 Å². The molecule has 0 N–H and O–H groups in total. The van der Waals surface area contributed by atoms with Crippen molar-refractivity contribution in [2.75, 3.05) is 0 Å². The quantitative estimate of drug-likeness (QED) is 0.633. The predicted octanol–water partition coefficient (Wildman–Crippen LogP) is 3.00. The highest BCUT2D eigenvalue weighted by Crippen LogP contribution is 2.38. The molecule has 1 aromatic rings. The van der Waals surface area contributed by atoms with Gasteiger partial charge in [0.15, 0.2) is 4.75 Å². The van der Waals surface area contributed by atoms with Crippen molar-refractivity contribution < 1.29 is 17.9 Å². The fraction of sp³-hybridized carbons (Fsp3) is 0.500. The average Bonchev–Trinajstić information content (AvgIpc) is 2.45. The molecule has 6 heteroatoms. The van der Waals surface area contributed by atoms with E-state index in [9.17, 15) is 13.2 Å². The molecule has 0 radical (unpaired) electrons. The van der Waals surface area contributed by atoms with E-state index in [0.29, 0.717) is 12.8 Å². The van der Waals surface area contributed by atoms with Gasteiger partial charge in [-0.25, -0.2) is 8.42 Å². The van der Waals surface area contributed by atoms with E-state index in [0.717, 1.165) is 12.0 Å². The first-order valence-corrected chi connectivity index (χ1v) is 8.92. The third-order valence-corrected chi connectivity index (χ3v) is 6.11. The first-order valence-electron chi connectivity index (χ1n) is 6.61. The monoisotopic (exact) mass is 316 g/mol. The maximum atomic E-state index is 12.3. The number of rotatable bonds is 4. The van der Waals surface area contributed by atoms with E-state index in [1.54, 1.807) is 0 Å². The van der Waals surface area contributed by atoms with Crippen molar-refractivity contribution >= 4 is 25.7 Å². The number of benzene rings is 1. The summed E-state index contributed by atoms with van der Waals surface area (Å²) < 4.78 is 27.3. The highest BCUT2D eigenvalue weighted by Gasteiger charge is 2.51. The average molecular weight is 317 g/mol. The van der Waals surface area contributed by atoms with Crippen LogP contribution in [0.25, 0.3) is 0 Å². The number of carbonyl (C=O) groups excluding carboxylic acids is 1. The van der Waals surface area contributed by atoms with E-state index in [2.05, 4.69) is 0 Å². The van der Waals surface area contributed by atoms with Crippen molar-refractivity contribution in [2.24, 2.45) is 0 Å². The lowest BCUT2D eigenvalue weighted by atomic mass is 9.88. The molecule has 1 aliphatic rings. The molecule has 0 spiro atoms. The number of carbonyl (C=O) groups is 1. The van der Waals surface area contributed by atoms with Crippen LogP contribution in [0, 0.1) is 0 Å². The molecule has 1 aliphatic carbocycles. The second kappa shape index (κ2) is 6.14. The van der Waals surface area contributed by atoms with E-state index in [1.165, 1.54) is 0 Å². The van der Waals surface area contributed by atoms with Crippen molar-refractivity contribution in [3.63, 3.8) is 0 Å². The van der Waals surface area contributed by atoms with Gasteiger partial charge in [-0.05, 0) is 18.4 Å². The Hall–Kier alpha value is -1.07. The summed E-state index contributed by atoms with van der Waals surface area (Å²) in [5.74, 6) is -0.726. The summed E-state index contributed by atoms with van der Waals surface area (Å²) in [6, 6.07) is 9.15. The standard InChI is InChI=1S/C14H17ClO4S/c15-20(17,18)14(9-5-2-6-10-14)13(16)19-11-12-7-3-1-4-8-12/h1,3-4,7-8H,2,5-6,9-11H2. The smallest absolute Gasteiger partial charge is 0.329 e. The Morgan fingerprint density at radius 2 is 1.75 bits per heavy atom. The van der Waals surface area contributed by atoms with Gasteiger partial charge < -0.3 is 4.74 Å². The van der Waals surface area contributed by atoms with E-state index in [1.807, 2.05) is 30.3 Å². The Kier molecular flexibility index (Phi) is 4.70. The largest absolute Gasteiger partial charge is 0.460 e. The maximum Gasteiger partial charge on any atom is 0.329 e. The molecule has 4 nitrogen and oxygen atoms in total. The minimum Gasteiger partial charge on any atom is -0.460 e. The predicted molar refractivity (Wildman–Crippen MR) is 76.8 cm³/mol. The molecule has 0 heterocycles. The molecule has 1 fully saturated rings. The summed E-state index contributed by atoms with van der Waals surface area (Å²) in [5.41, 5.74) is 0.818. The zero-order valence-electron chi connectivity index (χ0n) is 11.0. The fourth-order valence-electron chi connectivity index (χ4n) is 2.53. The molecule has 110 valence electrons. The number of hydrogen-bond acceptors (Lipinski definition) is 4. The first kappa shape index (κ1) is 15.3. The molecule has 0 bridgehead atoms. The number of hydrogen-bond donors (Lipinski definition) is 0. The Morgan fingerprint density at radius 3 is 2.30 bits per heavy atom. The molecular weight excluding hydrogens is 300 g/mol. The van der Waals surface area contributed by atoms with Gasteiger partial charge in [-0.3, -0.25) is 4.79 Å². The van der Waals surface area contributed by atoms with Gasteiger partial charge in [-0.2, -0.15) is 0 Å². The van der Waals surface area contributed by atoms with Gasteiger partial charge in [0.05, 0.1) is 0 Å². The first-order chi connectivity index (χ1) is 9.46. The number of ether oxygens (including phenoxy) is 1. The lowest BCUT2D eigenvalue weighted by Crippen LogP contribution is -2.46. The SMILES string of the molecule is O=C(OCc1ccccc1)C1(S(=O)(=O)Cl)CCCCC1. The summed E-state index contributed by atoms with van der Waals surface area (Å²) in [7, 11) is 1.52. The Balaban J connectivity index is 2.12. The third-order valence-electron chi connectivity index (χ3n) is 3.71. The molecule has 0 atom stereocenters. The van der Waals surface area contributed by atoms with Crippen LogP contribution in [0.15, 0.2) is 30.3 Å². The summed E-state index contributed by atoms with van der Waals surface area (Å²) in [5, 5.41) is 0. The highest BCUT2D eigenvalue weighted by molar-refractivity contribution is 8.15. The Morgan fingerprint density at radius 1 is 1.15 bits per heavy atom. The number of halogens is 1. The van der Waals surface area contributed by atoms with E-state index in [-0.39, 0.29) is 19.4 Å². The van der Waals surface area contributed by atoms with Gasteiger partial charge in [0.25, 0.3) is 0 Å². The van der Waals surface area contributed by atoms with E-state index >= 15 is 0 Å². The molecule has 0 amide bonds. The van der Waals surface area contributed by atoms with E-state index < -0.39 is 19.8 Å². The van der Waals surface area contributed by atoms with Crippen LogP contribution < -0.4 is 0 Å². The maximum absolute atomic E-state index is 12.3. The van der Waals surface area contributed by atoms with Crippen LogP contribution in [0.1, 0.15) is 37.7 Å². The zero-order valence-corrected chi connectivity index (χ0v) is 12.6. The van der Waals surface area contributed by atoms with E-state index in [4.69, 9.17) is 15.4 Å². The summed E-state index contributed by atoms with van der Waals surface area (Å²) >= 11 is 0. The lowest BCUT2D eigenvalue weighted by molar-refractivity contribution is -0.149. The Bertz CT molecular complexity index is 562. The van der Waals surface area contributed by atoms with Gasteiger partial charge in [0, 0.05) is 10.7 Å². The molecule has 1 aromatic carbocycles. The molecule has 1 saturated carbocycles. The topological polar surface area (TPSA) is 60.4 Å². The van der Waals surface area contributed by atoms with Crippen molar-refractivity contribution in [3.05, 3.63) is 35.9 Å². The molecule has 20 heavy (non-hydrogen) atoms. The van der Waals surface area contributed by atoms with Crippen molar-refractivity contribution in [1.82, 2.24) is 0 Å². The normalized spacial score (nSPS) is 18.4. The van der Waals surface area contributed by atoms with Crippen molar-refractivity contribution in [3.8, 4) is 0 Å². The van der Waals surface area contributed by atoms with Crippen LogP contribution in [0.2, 0.25) is 0 Å². The van der Waals surface area contributed by atoms with Crippen LogP contribution in [-0.4, -0.2) is 19.1 Å². The third kappa shape index (κ3) is 3.15. The molecule has 0 aromatic heterocycles. The summed E-state index contributed by atoms with van der Waals surface area (Å²) in [6.45, 7) is 0.0633. The molecular formula is C14H17ClO4S. The van der Waals surface area contributed by atoms with Crippen LogP contribution in [0.4, 0.5) is 0 Å². The van der Waals surface area contributed by atoms with Crippen molar-refractivity contribution in [1.29, 1.82) is 0 Å². The second-order valence-corrected chi connectivity index (χ2v) is 7.93.